The molecule has 3 aromatic rings. The van der Waals surface area contributed by atoms with Gasteiger partial charge in [0.05, 0.1) is 24.1 Å². The number of hydrogen-bond donors (Lipinski definition) is 2. The summed E-state index contributed by atoms with van der Waals surface area (Å²) in [4.78, 5) is 12.8. The van der Waals surface area contributed by atoms with Crippen molar-refractivity contribution in [1.82, 2.24) is 24.6 Å². The second-order valence-electron chi connectivity index (χ2n) is 8.06. The van der Waals surface area contributed by atoms with E-state index in [9.17, 15) is 21.6 Å². The predicted molar refractivity (Wildman–Crippen MR) is 124 cm³/mol. The monoisotopic (exact) mass is 510 g/mol. The van der Waals surface area contributed by atoms with Crippen molar-refractivity contribution in [3.63, 3.8) is 0 Å². The minimum Gasteiger partial charge on any atom is -0.480 e. The minimum atomic E-state index is -3.95. The molecule has 188 valence electrons. The van der Waals surface area contributed by atoms with Gasteiger partial charge in [-0.05, 0) is 19.9 Å². The summed E-state index contributed by atoms with van der Waals surface area (Å²) < 4.78 is 74.4. The first-order chi connectivity index (χ1) is 16.6. The summed E-state index contributed by atoms with van der Waals surface area (Å²) in [5.41, 5.74) is -0.511. The fraction of sp³-hybridized carbons (Fsp3) is 0.409. The van der Waals surface area contributed by atoms with E-state index in [1.165, 1.54) is 29.6 Å². The first-order valence-electron chi connectivity index (χ1n) is 10.9. The highest BCUT2D eigenvalue weighted by Gasteiger charge is 2.31. The molecule has 1 fully saturated rings. The second-order valence-corrected chi connectivity index (χ2v) is 9.96. The zero-order chi connectivity index (χ0) is 25.3. The summed E-state index contributed by atoms with van der Waals surface area (Å²) in [6, 6.07) is 4.38. The van der Waals surface area contributed by atoms with Crippen LogP contribution in [0.4, 0.5) is 19.0 Å². The Morgan fingerprint density at radius 1 is 1.14 bits per heavy atom. The minimum absolute atomic E-state index is 0.0161. The van der Waals surface area contributed by atoms with Gasteiger partial charge in [0.25, 0.3) is 6.43 Å². The lowest BCUT2D eigenvalue weighted by molar-refractivity contribution is 0.146. The van der Waals surface area contributed by atoms with Gasteiger partial charge in [-0.2, -0.15) is 9.29 Å². The van der Waals surface area contributed by atoms with Crippen LogP contribution in [-0.2, 0) is 10.0 Å². The summed E-state index contributed by atoms with van der Waals surface area (Å²) in [5.74, 6) is -0.613. The second kappa shape index (κ2) is 9.91. The number of piperazine rings is 1. The molecule has 13 heteroatoms. The van der Waals surface area contributed by atoms with Crippen molar-refractivity contribution in [2.75, 3.05) is 38.6 Å². The largest absolute Gasteiger partial charge is 0.480 e. The Balaban J connectivity index is 1.80. The van der Waals surface area contributed by atoms with E-state index >= 15 is 0 Å². The highest BCUT2D eigenvalue weighted by molar-refractivity contribution is 7.89. The molecule has 4 rings (SSSR count). The van der Waals surface area contributed by atoms with Gasteiger partial charge in [0.1, 0.15) is 22.4 Å². The quantitative estimate of drug-likeness (QED) is 0.499. The van der Waals surface area contributed by atoms with Crippen molar-refractivity contribution in [3.8, 4) is 5.88 Å². The van der Waals surface area contributed by atoms with Gasteiger partial charge in [0.15, 0.2) is 5.65 Å². The van der Waals surface area contributed by atoms with Crippen molar-refractivity contribution >= 4 is 26.9 Å². The number of rotatable bonds is 7. The number of alkyl halides is 2. The van der Waals surface area contributed by atoms with Gasteiger partial charge in [-0.25, -0.2) is 31.6 Å². The molecular formula is C22H25F3N6O3S. The average molecular weight is 511 g/mol. The standard InChI is InChI=1S/C22H25F3N6O3S/c1-12(14-5-4-6-15(18(14)23)19(24)25)27-20-16-11-17(35(32,33)31-9-7-26-8-10-31)22(34-3)30-21(16)29-13(2)28-20/h4-6,11-12,19,26H,7-10H2,1-3H3,(H,27,28,29,30). The number of benzene rings is 1. The van der Waals surface area contributed by atoms with Gasteiger partial charge in [0.2, 0.25) is 15.9 Å². The Morgan fingerprint density at radius 3 is 2.49 bits per heavy atom. The first-order valence-corrected chi connectivity index (χ1v) is 12.3. The van der Waals surface area contributed by atoms with Gasteiger partial charge >= 0.3 is 0 Å². The normalized spacial score (nSPS) is 16.0. The Kier molecular flexibility index (Phi) is 7.10. The summed E-state index contributed by atoms with van der Waals surface area (Å²) in [6.45, 7) is 4.81. The zero-order valence-corrected chi connectivity index (χ0v) is 20.2. The fourth-order valence-electron chi connectivity index (χ4n) is 3.95. The molecule has 1 aliphatic rings. The van der Waals surface area contributed by atoms with Gasteiger partial charge in [-0.15, -0.1) is 0 Å². The van der Waals surface area contributed by atoms with Crippen LogP contribution in [0.1, 0.15) is 36.3 Å². The van der Waals surface area contributed by atoms with E-state index in [4.69, 9.17) is 4.74 Å². The van der Waals surface area contributed by atoms with E-state index in [-0.39, 0.29) is 46.3 Å². The summed E-state index contributed by atoms with van der Waals surface area (Å²) in [5, 5.41) is 6.38. The SMILES string of the molecule is COc1nc2nc(C)nc(NC(C)c3cccc(C(F)F)c3F)c2cc1S(=O)(=O)N1CCNCC1. The number of aromatic nitrogens is 3. The Labute approximate surface area is 200 Å². The molecule has 3 heterocycles. The predicted octanol–water partition coefficient (Wildman–Crippen LogP) is 3.19. The van der Waals surface area contributed by atoms with Crippen LogP contribution in [-0.4, -0.2) is 61.0 Å². The fourth-order valence-corrected chi connectivity index (χ4v) is 5.51. The highest BCUT2D eigenvalue weighted by Crippen LogP contribution is 2.33. The van der Waals surface area contributed by atoms with Gasteiger partial charge < -0.3 is 15.4 Å². The van der Waals surface area contributed by atoms with E-state index in [2.05, 4.69) is 25.6 Å². The molecule has 1 aromatic carbocycles. The van der Waals surface area contributed by atoms with E-state index in [1.54, 1.807) is 13.8 Å². The molecule has 1 aliphatic heterocycles. The Morgan fingerprint density at radius 2 is 1.83 bits per heavy atom. The smallest absolute Gasteiger partial charge is 0.266 e. The van der Waals surface area contributed by atoms with Gasteiger partial charge in [-0.1, -0.05) is 18.2 Å². The molecule has 35 heavy (non-hydrogen) atoms. The molecule has 0 radical (unpaired) electrons. The third-order valence-electron chi connectivity index (χ3n) is 5.73. The Hall–Kier alpha value is -3.03. The van der Waals surface area contributed by atoms with Crippen molar-refractivity contribution < 1.29 is 26.3 Å². The molecular weight excluding hydrogens is 485 g/mol. The van der Waals surface area contributed by atoms with Crippen molar-refractivity contribution in [2.24, 2.45) is 0 Å². The molecule has 1 saturated heterocycles. The molecule has 0 saturated carbocycles. The number of fused-ring (bicyclic) bond motifs is 1. The molecule has 1 atom stereocenters. The lowest BCUT2D eigenvalue weighted by Crippen LogP contribution is -2.46. The lowest BCUT2D eigenvalue weighted by atomic mass is 10.0. The number of pyridine rings is 1. The van der Waals surface area contributed by atoms with E-state index < -0.39 is 33.9 Å². The average Bonchev–Trinajstić information content (AvgIpc) is 2.83. The van der Waals surface area contributed by atoms with Crippen LogP contribution in [0.3, 0.4) is 0 Å². The van der Waals surface area contributed by atoms with Crippen LogP contribution < -0.4 is 15.4 Å². The maximum atomic E-state index is 14.7. The molecule has 2 N–H and O–H groups in total. The third-order valence-corrected chi connectivity index (χ3v) is 7.62. The molecule has 1 unspecified atom stereocenters. The molecule has 0 amide bonds. The number of hydrogen-bond acceptors (Lipinski definition) is 8. The number of anilines is 1. The van der Waals surface area contributed by atoms with Crippen LogP contribution in [0.5, 0.6) is 5.88 Å². The van der Waals surface area contributed by atoms with Crippen LogP contribution in [0.15, 0.2) is 29.2 Å². The van der Waals surface area contributed by atoms with Crippen LogP contribution >= 0.6 is 0 Å². The molecule has 0 spiro atoms. The molecule has 0 bridgehead atoms. The Bertz CT molecular complexity index is 1350. The number of methoxy groups -OCH3 is 1. The zero-order valence-electron chi connectivity index (χ0n) is 19.3. The number of ether oxygens (including phenoxy) is 1. The van der Waals surface area contributed by atoms with Crippen molar-refractivity contribution in [2.45, 2.75) is 31.2 Å². The maximum Gasteiger partial charge on any atom is 0.266 e. The summed E-state index contributed by atoms with van der Waals surface area (Å²) >= 11 is 0. The van der Waals surface area contributed by atoms with Crippen molar-refractivity contribution in [3.05, 3.63) is 47.0 Å². The van der Waals surface area contributed by atoms with Crippen molar-refractivity contribution in [1.29, 1.82) is 0 Å². The number of halogens is 3. The lowest BCUT2D eigenvalue weighted by Gasteiger charge is -2.27. The van der Waals surface area contributed by atoms with E-state index in [1.807, 2.05) is 0 Å². The van der Waals surface area contributed by atoms with Crippen LogP contribution in [0, 0.1) is 12.7 Å². The van der Waals surface area contributed by atoms with E-state index in [0.29, 0.717) is 18.9 Å². The van der Waals surface area contributed by atoms with Crippen LogP contribution in [0.2, 0.25) is 0 Å². The van der Waals surface area contributed by atoms with E-state index in [0.717, 1.165) is 6.07 Å². The topological polar surface area (TPSA) is 109 Å². The maximum absolute atomic E-state index is 14.7. The van der Waals surface area contributed by atoms with Gasteiger partial charge in [-0.3, -0.25) is 0 Å². The third kappa shape index (κ3) is 4.88. The summed E-state index contributed by atoms with van der Waals surface area (Å²) in [6.07, 6.45) is -2.96. The van der Waals surface area contributed by atoms with Crippen LogP contribution in [0.25, 0.3) is 11.0 Å². The number of aryl methyl sites for hydroxylation is 1. The first kappa shape index (κ1) is 25.1. The number of sulfonamides is 1. The molecule has 2 aromatic heterocycles. The number of nitrogens with zero attached hydrogens (tertiary/aromatic N) is 4. The molecule has 9 nitrogen and oxygen atoms in total. The van der Waals surface area contributed by atoms with Gasteiger partial charge in [0, 0.05) is 31.7 Å². The number of nitrogens with one attached hydrogen (secondary N) is 2. The highest BCUT2D eigenvalue weighted by atomic mass is 32.2. The summed E-state index contributed by atoms with van der Waals surface area (Å²) in [7, 11) is -2.63. The molecule has 0 aliphatic carbocycles.